The number of aromatic nitrogens is 1. The summed E-state index contributed by atoms with van der Waals surface area (Å²) in [4.78, 5) is 3.16. The van der Waals surface area contributed by atoms with Crippen molar-refractivity contribution >= 4 is 12.2 Å². The van der Waals surface area contributed by atoms with Gasteiger partial charge in [0.1, 0.15) is 4.64 Å². The monoisotopic (exact) mass is 167 g/mol. The fraction of sp³-hybridized carbons (Fsp3) is 0.444. The van der Waals surface area contributed by atoms with E-state index in [1.165, 1.54) is 11.3 Å². The Morgan fingerprint density at radius 2 is 2.00 bits per heavy atom. The van der Waals surface area contributed by atoms with Gasteiger partial charge in [-0.2, -0.15) is 0 Å². The molecule has 1 aromatic rings. The van der Waals surface area contributed by atoms with Gasteiger partial charge in [-0.25, -0.2) is 0 Å². The van der Waals surface area contributed by atoms with Crippen LogP contribution in [0, 0.1) is 11.6 Å². The molecule has 1 rings (SSSR count). The Morgan fingerprint density at radius 1 is 1.36 bits per heavy atom. The van der Waals surface area contributed by atoms with Crippen molar-refractivity contribution in [3.8, 4) is 0 Å². The van der Waals surface area contributed by atoms with Gasteiger partial charge in [-0.15, -0.1) is 0 Å². The van der Waals surface area contributed by atoms with E-state index in [0.29, 0.717) is 5.92 Å². The molecule has 1 aromatic heterocycles. The van der Waals surface area contributed by atoms with Crippen LogP contribution in [0.4, 0.5) is 0 Å². The lowest BCUT2D eigenvalue weighted by Crippen LogP contribution is -1.92. The highest BCUT2D eigenvalue weighted by molar-refractivity contribution is 7.71. The van der Waals surface area contributed by atoms with Gasteiger partial charge in [-0.05, 0) is 30.5 Å². The Hall–Kier alpha value is -0.630. The Balaban J connectivity index is 3.19. The zero-order valence-corrected chi connectivity index (χ0v) is 7.96. The van der Waals surface area contributed by atoms with Crippen LogP contribution < -0.4 is 0 Å². The van der Waals surface area contributed by atoms with Crippen LogP contribution in [0.25, 0.3) is 0 Å². The smallest absolute Gasteiger partial charge is 0.103 e. The molecule has 0 saturated heterocycles. The fourth-order valence-electron chi connectivity index (χ4n) is 1.02. The zero-order chi connectivity index (χ0) is 8.43. The normalized spacial score (nSPS) is 10.5. The van der Waals surface area contributed by atoms with Crippen LogP contribution in [0.1, 0.15) is 31.0 Å². The number of hydrogen-bond acceptors (Lipinski definition) is 1. The summed E-state index contributed by atoms with van der Waals surface area (Å²) in [6.07, 6.45) is 0. The molecule has 1 N–H and O–H groups in total. The van der Waals surface area contributed by atoms with E-state index in [1.54, 1.807) is 0 Å². The maximum atomic E-state index is 5.05. The molecule has 0 aliphatic rings. The molecule has 2 heteroatoms. The largest absolute Gasteiger partial charge is 0.350 e. The van der Waals surface area contributed by atoms with E-state index in [9.17, 15) is 0 Å². The molecule has 1 nitrogen and oxygen atoms in total. The SMILES string of the molecule is Cc1cc(C(C)C)[nH]c(=S)c1. The Bertz CT molecular complexity index is 299. The Kier molecular flexibility index (Phi) is 2.45. The quantitative estimate of drug-likeness (QED) is 0.635. The van der Waals surface area contributed by atoms with E-state index >= 15 is 0 Å². The number of H-pyrrole nitrogens is 1. The first-order chi connectivity index (χ1) is 5.09. The van der Waals surface area contributed by atoms with Gasteiger partial charge >= 0.3 is 0 Å². The van der Waals surface area contributed by atoms with Crippen LogP contribution in [0.5, 0.6) is 0 Å². The summed E-state index contributed by atoms with van der Waals surface area (Å²) in [7, 11) is 0. The summed E-state index contributed by atoms with van der Waals surface area (Å²) in [5.41, 5.74) is 2.45. The van der Waals surface area contributed by atoms with Crippen LogP contribution >= 0.6 is 12.2 Å². The van der Waals surface area contributed by atoms with Gasteiger partial charge in [0, 0.05) is 5.69 Å². The van der Waals surface area contributed by atoms with Crippen LogP contribution in [0.2, 0.25) is 0 Å². The van der Waals surface area contributed by atoms with Crippen molar-refractivity contribution in [3.05, 3.63) is 28.0 Å². The van der Waals surface area contributed by atoms with Gasteiger partial charge in [0.25, 0.3) is 0 Å². The van der Waals surface area contributed by atoms with Crippen molar-refractivity contribution in [1.29, 1.82) is 0 Å². The highest BCUT2D eigenvalue weighted by Gasteiger charge is 1.98. The zero-order valence-electron chi connectivity index (χ0n) is 7.14. The lowest BCUT2D eigenvalue weighted by atomic mass is 10.1. The highest BCUT2D eigenvalue weighted by atomic mass is 32.1. The molecule has 0 atom stereocenters. The van der Waals surface area contributed by atoms with Gasteiger partial charge in [-0.1, -0.05) is 26.1 Å². The van der Waals surface area contributed by atoms with E-state index < -0.39 is 0 Å². The Morgan fingerprint density at radius 3 is 2.45 bits per heavy atom. The molecule has 0 aliphatic carbocycles. The summed E-state index contributed by atoms with van der Waals surface area (Å²) in [5, 5.41) is 0. The van der Waals surface area contributed by atoms with Gasteiger partial charge in [0.15, 0.2) is 0 Å². The average Bonchev–Trinajstić information content (AvgIpc) is 1.85. The van der Waals surface area contributed by atoms with Gasteiger partial charge in [-0.3, -0.25) is 0 Å². The average molecular weight is 167 g/mol. The van der Waals surface area contributed by atoms with E-state index in [1.807, 2.05) is 6.07 Å². The van der Waals surface area contributed by atoms with Gasteiger partial charge in [0.2, 0.25) is 0 Å². The number of pyridine rings is 1. The maximum Gasteiger partial charge on any atom is 0.103 e. The summed E-state index contributed by atoms with van der Waals surface area (Å²) in [6.45, 7) is 6.37. The van der Waals surface area contributed by atoms with Crippen LogP contribution in [-0.4, -0.2) is 4.98 Å². The van der Waals surface area contributed by atoms with Crippen LogP contribution in [0.15, 0.2) is 12.1 Å². The van der Waals surface area contributed by atoms with Crippen molar-refractivity contribution in [2.45, 2.75) is 26.7 Å². The third-order valence-electron chi connectivity index (χ3n) is 1.63. The maximum absolute atomic E-state index is 5.05. The van der Waals surface area contributed by atoms with Crippen molar-refractivity contribution < 1.29 is 0 Å². The van der Waals surface area contributed by atoms with Crippen LogP contribution in [0.3, 0.4) is 0 Å². The predicted molar refractivity (Wildman–Crippen MR) is 50.5 cm³/mol. The fourth-order valence-corrected chi connectivity index (χ4v) is 1.32. The Labute approximate surface area is 72.5 Å². The molecular formula is C9H13NS. The van der Waals surface area contributed by atoms with Gasteiger partial charge in [0.05, 0.1) is 0 Å². The summed E-state index contributed by atoms with van der Waals surface area (Å²) < 4.78 is 0.828. The van der Waals surface area contributed by atoms with Crippen molar-refractivity contribution in [1.82, 2.24) is 4.98 Å². The topological polar surface area (TPSA) is 15.8 Å². The lowest BCUT2D eigenvalue weighted by Gasteiger charge is -2.05. The first-order valence-electron chi connectivity index (χ1n) is 3.80. The third kappa shape index (κ3) is 2.15. The molecule has 1 heterocycles. The summed E-state index contributed by atoms with van der Waals surface area (Å²) in [6, 6.07) is 4.11. The van der Waals surface area contributed by atoms with E-state index in [2.05, 4.69) is 31.8 Å². The number of rotatable bonds is 1. The molecule has 11 heavy (non-hydrogen) atoms. The molecular weight excluding hydrogens is 154 g/mol. The molecule has 0 saturated carbocycles. The van der Waals surface area contributed by atoms with Crippen LogP contribution in [-0.2, 0) is 0 Å². The van der Waals surface area contributed by atoms with E-state index in [4.69, 9.17) is 12.2 Å². The summed E-state index contributed by atoms with van der Waals surface area (Å²) >= 11 is 5.05. The highest BCUT2D eigenvalue weighted by Crippen LogP contribution is 2.12. The number of aromatic amines is 1. The number of hydrogen-bond donors (Lipinski definition) is 1. The number of aryl methyl sites for hydroxylation is 1. The molecule has 0 unspecified atom stereocenters. The van der Waals surface area contributed by atoms with E-state index in [0.717, 1.165) is 4.64 Å². The molecule has 0 fully saturated rings. The standard InChI is InChI=1S/C9H13NS/c1-6(2)8-4-7(3)5-9(11)10-8/h4-6H,1-3H3,(H,10,11). The first kappa shape index (κ1) is 8.47. The molecule has 0 bridgehead atoms. The molecule has 60 valence electrons. The minimum Gasteiger partial charge on any atom is -0.350 e. The third-order valence-corrected chi connectivity index (χ3v) is 1.85. The first-order valence-corrected chi connectivity index (χ1v) is 4.21. The minimum atomic E-state index is 0.525. The summed E-state index contributed by atoms with van der Waals surface area (Å²) in [5.74, 6) is 0.525. The van der Waals surface area contributed by atoms with Gasteiger partial charge < -0.3 is 4.98 Å². The molecule has 0 spiro atoms. The second-order valence-electron chi connectivity index (χ2n) is 3.13. The number of nitrogens with one attached hydrogen (secondary N) is 1. The molecule has 0 aliphatic heterocycles. The lowest BCUT2D eigenvalue weighted by molar-refractivity contribution is 0.818. The van der Waals surface area contributed by atoms with Crippen molar-refractivity contribution in [3.63, 3.8) is 0 Å². The second kappa shape index (κ2) is 3.18. The van der Waals surface area contributed by atoms with Crippen molar-refractivity contribution in [2.75, 3.05) is 0 Å². The van der Waals surface area contributed by atoms with Crippen molar-refractivity contribution in [2.24, 2.45) is 0 Å². The molecule has 0 amide bonds. The molecule has 0 radical (unpaired) electrons. The minimum absolute atomic E-state index is 0.525. The van der Waals surface area contributed by atoms with E-state index in [-0.39, 0.29) is 0 Å². The predicted octanol–water partition coefficient (Wildman–Crippen LogP) is 3.18. The molecule has 0 aromatic carbocycles. The second-order valence-corrected chi connectivity index (χ2v) is 3.57.